The van der Waals surface area contributed by atoms with E-state index < -0.39 is 11.3 Å². The first-order valence-electron chi connectivity index (χ1n) is 9.36. The fourth-order valence-corrected chi connectivity index (χ4v) is 3.66. The molecule has 0 atom stereocenters. The van der Waals surface area contributed by atoms with E-state index >= 15 is 0 Å². The summed E-state index contributed by atoms with van der Waals surface area (Å²) in [5.41, 5.74) is 1.04. The summed E-state index contributed by atoms with van der Waals surface area (Å²) in [4.78, 5) is 28.6. The molecule has 146 valence electrons. The van der Waals surface area contributed by atoms with Gasteiger partial charge >= 0.3 is 11.3 Å². The third-order valence-electron chi connectivity index (χ3n) is 4.99. The normalized spacial score (nSPS) is 11.1. The fourth-order valence-electron chi connectivity index (χ4n) is 3.66. The highest BCUT2D eigenvalue weighted by atomic mass is 16.4. The second kappa shape index (κ2) is 6.93. The average molecular weight is 396 g/mol. The van der Waals surface area contributed by atoms with Crippen LogP contribution in [-0.4, -0.2) is 14.7 Å². The summed E-state index contributed by atoms with van der Waals surface area (Å²) in [6.45, 7) is 0. The van der Waals surface area contributed by atoms with Crippen molar-refractivity contribution in [2.24, 2.45) is 0 Å². The molecular formula is C24H16N2O4. The molecule has 0 unspecified atom stereocenters. The summed E-state index contributed by atoms with van der Waals surface area (Å²) < 4.78 is 6.91. The minimum atomic E-state index is -0.732. The number of aromatic nitrogens is 2. The lowest BCUT2D eigenvalue weighted by atomic mass is 10.0. The molecule has 2 N–H and O–H groups in total. The van der Waals surface area contributed by atoms with Crippen LogP contribution in [0.4, 0.5) is 0 Å². The Hall–Kier alpha value is -4.32. The molecule has 0 aliphatic heterocycles. The third kappa shape index (κ3) is 2.74. The lowest BCUT2D eigenvalue weighted by molar-refractivity contribution is 0.471. The van der Waals surface area contributed by atoms with Crippen LogP contribution in [-0.2, 0) is 0 Å². The third-order valence-corrected chi connectivity index (χ3v) is 4.99. The van der Waals surface area contributed by atoms with Gasteiger partial charge in [0.25, 0.3) is 0 Å². The quantitative estimate of drug-likeness (QED) is 0.445. The zero-order valence-corrected chi connectivity index (χ0v) is 15.7. The molecule has 0 bridgehead atoms. The number of aromatic hydroxyl groups is 1. The Bertz CT molecular complexity index is 1480. The van der Waals surface area contributed by atoms with E-state index in [1.165, 1.54) is 4.57 Å². The smallest absolute Gasteiger partial charge is 0.349 e. The van der Waals surface area contributed by atoms with Crippen LogP contribution in [0.15, 0.2) is 98.9 Å². The Morgan fingerprint density at radius 3 is 2.17 bits per heavy atom. The van der Waals surface area contributed by atoms with Gasteiger partial charge in [0.2, 0.25) is 0 Å². The maximum absolute atomic E-state index is 13.0. The van der Waals surface area contributed by atoms with E-state index in [-0.39, 0.29) is 22.6 Å². The predicted molar refractivity (Wildman–Crippen MR) is 115 cm³/mol. The number of benzene rings is 3. The number of H-pyrrole nitrogens is 1. The van der Waals surface area contributed by atoms with E-state index in [2.05, 4.69) is 4.98 Å². The number of para-hydroxylation sites is 2. The number of fused-ring (bicyclic) bond motifs is 1. The van der Waals surface area contributed by atoms with Gasteiger partial charge in [-0.3, -0.25) is 4.57 Å². The number of imidazole rings is 1. The maximum Gasteiger partial charge on any atom is 0.349 e. The molecule has 30 heavy (non-hydrogen) atoms. The monoisotopic (exact) mass is 396 g/mol. The van der Waals surface area contributed by atoms with Crippen LogP contribution in [0, 0.1) is 0 Å². The van der Waals surface area contributed by atoms with E-state index in [0.29, 0.717) is 22.3 Å². The number of rotatable bonds is 3. The fraction of sp³-hybridized carbons (Fsp3) is 0. The van der Waals surface area contributed by atoms with Crippen molar-refractivity contribution in [1.82, 2.24) is 9.55 Å². The zero-order valence-electron chi connectivity index (χ0n) is 15.7. The van der Waals surface area contributed by atoms with Gasteiger partial charge in [-0.2, -0.15) is 0 Å². The lowest BCUT2D eigenvalue weighted by Crippen LogP contribution is -2.15. The Balaban J connectivity index is 1.91. The number of nitrogens with zero attached hydrogens (tertiary/aromatic N) is 1. The standard InChI is InChI=1S/C24H16N2O4/c27-22-17-13-7-8-14-18(17)30-23(28)19(22)20-21(15-9-3-1-4-10-15)26(24(29)25-20)16-11-5-2-6-12-16/h1-14,27H,(H,25,29). The summed E-state index contributed by atoms with van der Waals surface area (Å²) in [6.07, 6.45) is 0. The van der Waals surface area contributed by atoms with Crippen molar-refractivity contribution in [1.29, 1.82) is 0 Å². The van der Waals surface area contributed by atoms with Gasteiger partial charge in [0.15, 0.2) is 0 Å². The number of hydrogen-bond donors (Lipinski definition) is 2. The summed E-state index contributed by atoms with van der Waals surface area (Å²) in [7, 11) is 0. The molecular weight excluding hydrogens is 380 g/mol. The molecule has 6 nitrogen and oxygen atoms in total. The molecule has 5 aromatic rings. The van der Waals surface area contributed by atoms with Crippen molar-refractivity contribution >= 4 is 11.0 Å². The number of aromatic amines is 1. The molecule has 0 aliphatic rings. The van der Waals surface area contributed by atoms with Crippen LogP contribution in [0.25, 0.3) is 39.2 Å². The van der Waals surface area contributed by atoms with Crippen LogP contribution in [0.3, 0.4) is 0 Å². The first-order chi connectivity index (χ1) is 14.6. The molecule has 3 aromatic carbocycles. The SMILES string of the molecule is O=c1oc2ccccc2c(O)c1-c1[nH]c(=O)n(-c2ccccc2)c1-c1ccccc1. The van der Waals surface area contributed by atoms with Crippen molar-refractivity contribution in [2.45, 2.75) is 0 Å². The molecule has 0 aliphatic carbocycles. The molecule has 0 fully saturated rings. The van der Waals surface area contributed by atoms with Crippen LogP contribution in [0.1, 0.15) is 0 Å². The number of hydrogen-bond acceptors (Lipinski definition) is 4. The molecule has 0 saturated heterocycles. The van der Waals surface area contributed by atoms with Gasteiger partial charge in [0.1, 0.15) is 16.9 Å². The molecule has 6 heteroatoms. The molecule has 0 spiro atoms. The van der Waals surface area contributed by atoms with Gasteiger partial charge < -0.3 is 14.5 Å². The second-order valence-electron chi connectivity index (χ2n) is 6.80. The summed E-state index contributed by atoms with van der Waals surface area (Å²) >= 11 is 0. The molecule has 0 saturated carbocycles. The van der Waals surface area contributed by atoms with Gasteiger partial charge in [-0.15, -0.1) is 0 Å². The first-order valence-corrected chi connectivity index (χ1v) is 9.36. The van der Waals surface area contributed by atoms with Gasteiger partial charge in [-0.25, -0.2) is 9.59 Å². The van der Waals surface area contributed by atoms with E-state index in [1.807, 2.05) is 48.5 Å². The maximum atomic E-state index is 13.0. The highest BCUT2D eigenvalue weighted by Crippen LogP contribution is 2.37. The Labute approximate surface area is 170 Å². The second-order valence-corrected chi connectivity index (χ2v) is 6.80. The first kappa shape index (κ1) is 17.8. The zero-order chi connectivity index (χ0) is 20.7. The van der Waals surface area contributed by atoms with Crippen molar-refractivity contribution in [3.8, 4) is 34.0 Å². The van der Waals surface area contributed by atoms with E-state index in [9.17, 15) is 14.7 Å². The molecule has 2 aromatic heterocycles. The molecule has 0 radical (unpaired) electrons. The van der Waals surface area contributed by atoms with Crippen LogP contribution < -0.4 is 11.3 Å². The molecule has 0 amide bonds. The summed E-state index contributed by atoms with van der Waals surface area (Å²) in [5, 5.41) is 11.3. The van der Waals surface area contributed by atoms with Gasteiger partial charge in [0.05, 0.1) is 22.5 Å². The summed E-state index contributed by atoms with van der Waals surface area (Å²) in [5.74, 6) is -0.236. The van der Waals surface area contributed by atoms with E-state index in [4.69, 9.17) is 4.42 Å². The van der Waals surface area contributed by atoms with E-state index in [1.54, 1.807) is 36.4 Å². The van der Waals surface area contributed by atoms with Crippen molar-refractivity contribution in [3.05, 3.63) is 106 Å². The van der Waals surface area contributed by atoms with Crippen LogP contribution >= 0.6 is 0 Å². The molecule has 2 heterocycles. The predicted octanol–water partition coefficient (Wildman–Crippen LogP) is 4.31. The van der Waals surface area contributed by atoms with Gasteiger partial charge in [-0.1, -0.05) is 60.7 Å². The molecule has 5 rings (SSSR count). The Morgan fingerprint density at radius 1 is 0.800 bits per heavy atom. The van der Waals surface area contributed by atoms with Crippen molar-refractivity contribution < 1.29 is 9.52 Å². The van der Waals surface area contributed by atoms with Crippen LogP contribution in [0.5, 0.6) is 5.75 Å². The van der Waals surface area contributed by atoms with Gasteiger partial charge in [-0.05, 0) is 24.3 Å². The average Bonchev–Trinajstić information content (AvgIpc) is 3.11. The largest absolute Gasteiger partial charge is 0.506 e. The van der Waals surface area contributed by atoms with E-state index in [0.717, 1.165) is 0 Å². The minimum absolute atomic E-state index is 0.0839. The highest BCUT2D eigenvalue weighted by Gasteiger charge is 2.25. The van der Waals surface area contributed by atoms with Crippen molar-refractivity contribution in [3.63, 3.8) is 0 Å². The lowest BCUT2D eigenvalue weighted by Gasteiger charge is -2.11. The Kier molecular flexibility index (Phi) is 4.10. The summed E-state index contributed by atoms with van der Waals surface area (Å²) in [6, 6.07) is 25.0. The topological polar surface area (TPSA) is 88.2 Å². The highest BCUT2D eigenvalue weighted by molar-refractivity contribution is 5.92. The number of nitrogens with one attached hydrogen (secondary N) is 1. The van der Waals surface area contributed by atoms with Gasteiger partial charge in [0, 0.05) is 5.56 Å². The minimum Gasteiger partial charge on any atom is -0.506 e. The van der Waals surface area contributed by atoms with Crippen LogP contribution in [0.2, 0.25) is 0 Å². The van der Waals surface area contributed by atoms with Crippen molar-refractivity contribution in [2.75, 3.05) is 0 Å². The Morgan fingerprint density at radius 2 is 1.43 bits per heavy atom.